The molecule has 0 radical (unpaired) electrons. The van der Waals surface area contributed by atoms with Gasteiger partial charge in [-0.2, -0.15) is 0 Å². The van der Waals surface area contributed by atoms with E-state index in [-0.39, 0.29) is 0 Å². The molecule has 0 aromatic heterocycles. The van der Waals surface area contributed by atoms with Crippen molar-refractivity contribution < 1.29 is 20.3 Å². The predicted molar refractivity (Wildman–Crippen MR) is 28.5 cm³/mol. The number of hydrogen-bond acceptors (Lipinski definition) is 4. The summed E-state index contributed by atoms with van der Waals surface area (Å²) in [5.41, 5.74) is 0. The van der Waals surface area contributed by atoms with E-state index in [0.717, 1.165) is 13.2 Å². The molecule has 0 atom stereocenters. The summed E-state index contributed by atoms with van der Waals surface area (Å²) in [6, 6.07) is 0. The summed E-state index contributed by atoms with van der Waals surface area (Å²) in [5.74, 6) is 0. The molecule has 4 heteroatoms. The van der Waals surface area contributed by atoms with Crippen LogP contribution in [-0.2, 0) is 9.78 Å². The molecule has 0 aromatic carbocycles. The highest BCUT2D eigenvalue weighted by Crippen LogP contribution is 1.64. The first-order valence-corrected chi connectivity index (χ1v) is 2.36. The molecule has 0 aliphatic carbocycles. The summed E-state index contributed by atoms with van der Waals surface area (Å²) in [5, 5.41) is 15.5. The van der Waals surface area contributed by atoms with Crippen LogP contribution in [0.4, 0.5) is 0 Å². The van der Waals surface area contributed by atoms with Crippen LogP contribution in [0.5, 0.6) is 0 Å². The third kappa shape index (κ3) is 40.4. The first kappa shape index (κ1) is 10.8. The van der Waals surface area contributed by atoms with Crippen LogP contribution < -0.4 is 0 Å². The molecule has 8 heavy (non-hydrogen) atoms. The summed E-state index contributed by atoms with van der Waals surface area (Å²) < 4.78 is 4.83. The molecular weight excluding hydrogens is 112 g/mol. The fourth-order valence-electron chi connectivity index (χ4n) is 0.204. The Morgan fingerprint density at radius 1 is 1.12 bits per heavy atom. The van der Waals surface area contributed by atoms with E-state index >= 15 is 0 Å². The van der Waals surface area contributed by atoms with Crippen molar-refractivity contribution in [3.05, 3.63) is 0 Å². The lowest BCUT2D eigenvalue weighted by atomic mass is 10.8. The average Bonchev–Trinajstić information content (AvgIpc) is 1.71. The van der Waals surface area contributed by atoms with Gasteiger partial charge in [0.15, 0.2) is 0 Å². The molecule has 0 fully saturated rings. The lowest BCUT2D eigenvalue weighted by Crippen LogP contribution is -1.84. The molecule has 0 amide bonds. The van der Waals surface area contributed by atoms with E-state index < -0.39 is 0 Å². The molecule has 52 valence electrons. The van der Waals surface area contributed by atoms with Gasteiger partial charge in [0.25, 0.3) is 0 Å². The molecule has 4 nitrogen and oxygen atoms in total. The maximum absolute atomic E-state index is 6.62. The Bertz CT molecular complexity index is 22.0. The van der Waals surface area contributed by atoms with Gasteiger partial charge in [-0.05, 0) is 13.8 Å². The van der Waals surface area contributed by atoms with E-state index in [1.54, 1.807) is 0 Å². The van der Waals surface area contributed by atoms with E-state index in [2.05, 4.69) is 5.04 Å². The fraction of sp³-hybridized carbons (Fsp3) is 1.00. The maximum Gasteiger partial charge on any atom is 0.0437 e. The third-order valence-electron chi connectivity index (χ3n) is 0.408. The van der Waals surface area contributed by atoms with Crippen molar-refractivity contribution in [3.63, 3.8) is 0 Å². The summed E-state index contributed by atoms with van der Waals surface area (Å²) in [4.78, 5) is 0. The minimum atomic E-state index is 0.844. The molecule has 0 saturated carbocycles. The van der Waals surface area contributed by atoms with Gasteiger partial charge in [-0.1, -0.05) is 5.04 Å². The molecule has 0 aromatic rings. The Labute approximate surface area is 48.5 Å². The molecule has 0 aliphatic rings. The highest BCUT2D eigenvalue weighted by molar-refractivity contribution is 4.07. The summed E-state index contributed by atoms with van der Waals surface area (Å²) >= 11 is 0. The van der Waals surface area contributed by atoms with Crippen molar-refractivity contribution in [1.82, 2.24) is 0 Å². The van der Waals surface area contributed by atoms with Crippen molar-refractivity contribution in [2.75, 3.05) is 13.2 Å². The SMILES string of the molecule is CCOCC.OOO. The van der Waals surface area contributed by atoms with E-state index in [1.807, 2.05) is 13.8 Å². The van der Waals surface area contributed by atoms with E-state index in [0.29, 0.717) is 0 Å². The molecule has 0 spiro atoms. The van der Waals surface area contributed by atoms with E-state index in [1.165, 1.54) is 0 Å². The van der Waals surface area contributed by atoms with Gasteiger partial charge < -0.3 is 4.74 Å². The smallest absolute Gasteiger partial charge is 0.0437 e. The second kappa shape index (κ2) is 15.8. The Kier molecular flexibility index (Phi) is 21.3. The van der Waals surface area contributed by atoms with Gasteiger partial charge in [-0.25, -0.2) is 10.5 Å². The highest BCUT2D eigenvalue weighted by Gasteiger charge is 1.64. The Balaban J connectivity index is 0. The zero-order valence-corrected chi connectivity index (χ0v) is 5.13. The number of hydrogen-bond donors (Lipinski definition) is 2. The lowest BCUT2D eigenvalue weighted by molar-refractivity contribution is -0.465. The van der Waals surface area contributed by atoms with Crippen LogP contribution in [0.1, 0.15) is 13.8 Å². The van der Waals surface area contributed by atoms with Crippen LogP contribution in [0.3, 0.4) is 0 Å². The van der Waals surface area contributed by atoms with Crippen molar-refractivity contribution in [1.29, 1.82) is 0 Å². The maximum atomic E-state index is 6.62. The average molecular weight is 124 g/mol. The zero-order valence-electron chi connectivity index (χ0n) is 5.13. The van der Waals surface area contributed by atoms with Crippen LogP contribution in [0, 0.1) is 0 Å². The number of ether oxygens (including phenoxy) is 1. The van der Waals surface area contributed by atoms with Crippen molar-refractivity contribution in [2.24, 2.45) is 0 Å². The Hall–Kier alpha value is -0.160. The van der Waals surface area contributed by atoms with Crippen LogP contribution in [-0.4, -0.2) is 23.7 Å². The highest BCUT2D eigenvalue weighted by atomic mass is 17.4. The molecule has 0 saturated heterocycles. The quantitative estimate of drug-likeness (QED) is 0.425. The van der Waals surface area contributed by atoms with Crippen LogP contribution in [0.15, 0.2) is 0 Å². The van der Waals surface area contributed by atoms with Crippen LogP contribution in [0.25, 0.3) is 0 Å². The van der Waals surface area contributed by atoms with Gasteiger partial charge in [-0.3, -0.25) is 0 Å². The Morgan fingerprint density at radius 3 is 1.38 bits per heavy atom. The van der Waals surface area contributed by atoms with Gasteiger partial charge in [0.2, 0.25) is 0 Å². The van der Waals surface area contributed by atoms with Crippen LogP contribution in [0.2, 0.25) is 0 Å². The summed E-state index contributed by atoms with van der Waals surface area (Å²) in [7, 11) is 0. The van der Waals surface area contributed by atoms with Gasteiger partial charge in [0.1, 0.15) is 0 Å². The third-order valence-corrected chi connectivity index (χ3v) is 0.408. The molecule has 0 unspecified atom stereocenters. The monoisotopic (exact) mass is 124 g/mol. The summed E-state index contributed by atoms with van der Waals surface area (Å²) in [6.45, 7) is 5.67. The fourth-order valence-corrected chi connectivity index (χ4v) is 0.204. The standard InChI is InChI=1S/C4H10O.H2O3/c1-3-5-4-2;1-3-2/h3-4H2,1-2H3;1-2H. The minimum Gasteiger partial charge on any atom is -0.382 e. The van der Waals surface area contributed by atoms with Crippen molar-refractivity contribution >= 4 is 0 Å². The molecule has 0 bridgehead atoms. The van der Waals surface area contributed by atoms with Crippen molar-refractivity contribution in [3.8, 4) is 0 Å². The van der Waals surface area contributed by atoms with Gasteiger partial charge in [0.05, 0.1) is 0 Å². The number of rotatable bonds is 2. The van der Waals surface area contributed by atoms with Crippen molar-refractivity contribution in [2.45, 2.75) is 13.8 Å². The molecule has 0 rings (SSSR count). The molecule has 2 N–H and O–H groups in total. The topological polar surface area (TPSA) is 58.9 Å². The van der Waals surface area contributed by atoms with E-state index in [9.17, 15) is 0 Å². The molecular formula is C4H12O4. The van der Waals surface area contributed by atoms with E-state index in [4.69, 9.17) is 15.3 Å². The van der Waals surface area contributed by atoms with Gasteiger partial charge >= 0.3 is 0 Å². The van der Waals surface area contributed by atoms with Crippen LogP contribution >= 0.6 is 0 Å². The van der Waals surface area contributed by atoms with Gasteiger partial charge in [-0.15, -0.1) is 0 Å². The predicted octanol–water partition coefficient (Wildman–Crippen LogP) is 0.992. The first-order valence-electron chi connectivity index (χ1n) is 2.36. The molecule has 0 aliphatic heterocycles. The largest absolute Gasteiger partial charge is 0.382 e. The zero-order chi connectivity index (χ0) is 6.83. The first-order chi connectivity index (χ1) is 3.83. The van der Waals surface area contributed by atoms with Gasteiger partial charge in [0, 0.05) is 13.2 Å². The summed E-state index contributed by atoms with van der Waals surface area (Å²) in [6.07, 6.45) is 0. The lowest BCUT2D eigenvalue weighted by Gasteiger charge is -1.86. The minimum absolute atomic E-state index is 0.844. The second-order valence-electron chi connectivity index (χ2n) is 0.863. The Morgan fingerprint density at radius 2 is 1.38 bits per heavy atom. The second-order valence-corrected chi connectivity index (χ2v) is 0.863. The molecule has 0 heterocycles. The normalized spacial score (nSPS) is 7.50.